The number of likely N-dealkylation sites (tertiary alicyclic amines) is 2. The van der Waals surface area contributed by atoms with Gasteiger partial charge in [-0.1, -0.05) is 30.3 Å². The number of rotatable bonds is 5. The van der Waals surface area contributed by atoms with Crippen molar-refractivity contribution >= 4 is 6.03 Å². The number of urea groups is 1. The third-order valence-corrected chi connectivity index (χ3v) is 6.53. The van der Waals surface area contributed by atoms with E-state index >= 15 is 0 Å². The maximum atomic E-state index is 12.7. The molecular formula is C23H33N5O. The number of nitrogens with zero attached hydrogens (tertiary/aromatic N) is 4. The van der Waals surface area contributed by atoms with Gasteiger partial charge < -0.3 is 15.1 Å². The van der Waals surface area contributed by atoms with Crippen LogP contribution in [0.3, 0.4) is 0 Å². The average molecular weight is 396 g/mol. The minimum Gasteiger partial charge on any atom is -0.334 e. The van der Waals surface area contributed by atoms with Crippen molar-refractivity contribution < 1.29 is 4.79 Å². The quantitative estimate of drug-likeness (QED) is 0.845. The Balaban J connectivity index is 1.30. The van der Waals surface area contributed by atoms with Crippen molar-refractivity contribution in [2.24, 2.45) is 0 Å². The van der Waals surface area contributed by atoms with Crippen LogP contribution >= 0.6 is 0 Å². The Morgan fingerprint density at radius 1 is 1.07 bits per heavy atom. The average Bonchev–Trinajstić information content (AvgIpc) is 3.37. The maximum absolute atomic E-state index is 12.7. The summed E-state index contributed by atoms with van der Waals surface area (Å²) < 4.78 is 2.04. The van der Waals surface area contributed by atoms with Gasteiger partial charge in [0.15, 0.2) is 0 Å². The highest BCUT2D eigenvalue weighted by Gasteiger charge is 2.28. The van der Waals surface area contributed by atoms with Crippen LogP contribution in [0.4, 0.5) is 4.79 Å². The molecule has 0 unspecified atom stereocenters. The molecule has 1 aromatic heterocycles. The number of carbonyl (C=O) groups is 1. The zero-order chi connectivity index (χ0) is 20.2. The second-order valence-corrected chi connectivity index (χ2v) is 8.41. The normalized spacial score (nSPS) is 18.3. The van der Waals surface area contributed by atoms with Crippen molar-refractivity contribution in [3.63, 3.8) is 0 Å². The van der Waals surface area contributed by atoms with Crippen LogP contribution in [0.25, 0.3) is 0 Å². The zero-order valence-electron chi connectivity index (χ0n) is 17.7. The molecule has 156 valence electrons. The zero-order valence-corrected chi connectivity index (χ0v) is 17.7. The van der Waals surface area contributed by atoms with Gasteiger partial charge in [-0.2, -0.15) is 5.10 Å². The van der Waals surface area contributed by atoms with E-state index in [1.165, 1.54) is 31.5 Å². The topological polar surface area (TPSA) is 53.4 Å². The third-order valence-electron chi connectivity index (χ3n) is 6.53. The van der Waals surface area contributed by atoms with E-state index in [2.05, 4.69) is 41.4 Å². The van der Waals surface area contributed by atoms with Gasteiger partial charge >= 0.3 is 6.03 Å². The molecule has 1 N–H and O–H groups in total. The minimum atomic E-state index is 0.0551. The van der Waals surface area contributed by atoms with Gasteiger partial charge in [0.05, 0.1) is 12.2 Å². The van der Waals surface area contributed by atoms with Crippen LogP contribution in [0.5, 0.6) is 0 Å². The number of piperidine rings is 1. The second-order valence-electron chi connectivity index (χ2n) is 8.41. The Bertz CT molecular complexity index is 817. The Morgan fingerprint density at radius 3 is 2.45 bits per heavy atom. The molecule has 1 aromatic carbocycles. The summed E-state index contributed by atoms with van der Waals surface area (Å²) in [7, 11) is 0. The van der Waals surface area contributed by atoms with E-state index in [9.17, 15) is 4.79 Å². The van der Waals surface area contributed by atoms with Crippen molar-refractivity contribution in [1.82, 2.24) is 24.9 Å². The van der Waals surface area contributed by atoms with Crippen molar-refractivity contribution in [2.75, 3.05) is 26.2 Å². The molecule has 2 amide bonds. The Hall–Kier alpha value is -2.34. The number of hydrogen-bond donors (Lipinski definition) is 1. The van der Waals surface area contributed by atoms with Crippen LogP contribution in [0.1, 0.15) is 48.2 Å². The number of hydrogen-bond acceptors (Lipinski definition) is 3. The number of aromatic nitrogens is 2. The highest BCUT2D eigenvalue weighted by atomic mass is 16.2. The molecule has 0 saturated carbocycles. The summed E-state index contributed by atoms with van der Waals surface area (Å²) in [5.41, 5.74) is 4.47. The molecule has 6 heteroatoms. The summed E-state index contributed by atoms with van der Waals surface area (Å²) >= 11 is 0. The van der Waals surface area contributed by atoms with Gasteiger partial charge in [0.25, 0.3) is 0 Å². The fourth-order valence-corrected chi connectivity index (χ4v) is 4.72. The van der Waals surface area contributed by atoms with Crippen LogP contribution in [-0.4, -0.2) is 57.8 Å². The molecule has 29 heavy (non-hydrogen) atoms. The lowest BCUT2D eigenvalue weighted by Gasteiger charge is -2.36. The van der Waals surface area contributed by atoms with Crippen LogP contribution in [-0.2, 0) is 13.1 Å². The fourth-order valence-electron chi connectivity index (χ4n) is 4.72. The predicted molar refractivity (Wildman–Crippen MR) is 115 cm³/mol. The molecule has 6 nitrogen and oxygen atoms in total. The van der Waals surface area contributed by atoms with Gasteiger partial charge in [0.2, 0.25) is 0 Å². The van der Waals surface area contributed by atoms with Gasteiger partial charge in [0, 0.05) is 36.9 Å². The maximum Gasteiger partial charge on any atom is 0.317 e. The molecule has 3 heterocycles. The van der Waals surface area contributed by atoms with Gasteiger partial charge in [-0.3, -0.25) is 4.68 Å². The molecule has 2 fully saturated rings. The summed E-state index contributed by atoms with van der Waals surface area (Å²) in [5.74, 6) is 0. The molecule has 0 radical (unpaired) electrons. The molecule has 2 aromatic rings. The van der Waals surface area contributed by atoms with Gasteiger partial charge in [0.1, 0.15) is 0 Å². The van der Waals surface area contributed by atoms with Crippen molar-refractivity contribution in [3.05, 3.63) is 52.8 Å². The predicted octanol–water partition coefficient (Wildman–Crippen LogP) is 3.32. The first kappa shape index (κ1) is 20.0. The van der Waals surface area contributed by atoms with Crippen LogP contribution in [0.2, 0.25) is 0 Å². The fraction of sp³-hybridized carbons (Fsp3) is 0.565. The van der Waals surface area contributed by atoms with Crippen molar-refractivity contribution in [2.45, 2.75) is 58.7 Å². The van der Waals surface area contributed by atoms with E-state index in [-0.39, 0.29) is 6.03 Å². The van der Waals surface area contributed by atoms with Crippen LogP contribution in [0.15, 0.2) is 30.3 Å². The summed E-state index contributed by atoms with van der Waals surface area (Å²) in [6.45, 7) is 9.60. The van der Waals surface area contributed by atoms with Gasteiger partial charge in [-0.25, -0.2) is 4.79 Å². The monoisotopic (exact) mass is 395 g/mol. The summed E-state index contributed by atoms with van der Waals surface area (Å²) in [6, 6.07) is 11.1. The number of aryl methyl sites for hydroxylation is 1. The van der Waals surface area contributed by atoms with Gasteiger partial charge in [-0.15, -0.1) is 0 Å². The van der Waals surface area contributed by atoms with Crippen molar-refractivity contribution in [3.8, 4) is 0 Å². The molecule has 4 rings (SSSR count). The molecular weight excluding hydrogens is 362 g/mol. The van der Waals surface area contributed by atoms with E-state index in [1.807, 2.05) is 22.6 Å². The SMILES string of the molecule is Cc1nn(Cc2ccccc2)c(C)c1CNC(=O)N1CCC(N2CCCC2)CC1. The summed E-state index contributed by atoms with van der Waals surface area (Å²) in [4.78, 5) is 17.3. The Morgan fingerprint density at radius 2 is 1.76 bits per heavy atom. The summed E-state index contributed by atoms with van der Waals surface area (Å²) in [5, 5.41) is 7.83. The largest absolute Gasteiger partial charge is 0.334 e. The van der Waals surface area contributed by atoms with Gasteiger partial charge in [-0.05, 0) is 58.2 Å². The Labute approximate surface area is 173 Å². The molecule has 2 aliphatic rings. The lowest BCUT2D eigenvalue weighted by Crippen LogP contribution is -2.48. The standard InChI is InChI=1S/C23H33N5O/c1-18-22(19(2)28(25-18)17-20-8-4-3-5-9-20)16-24-23(29)27-14-10-21(11-15-27)26-12-6-7-13-26/h3-5,8-9,21H,6-7,10-17H2,1-2H3,(H,24,29). The van der Waals surface area contributed by atoms with E-state index in [0.717, 1.165) is 49.4 Å². The van der Waals surface area contributed by atoms with E-state index in [1.54, 1.807) is 0 Å². The van der Waals surface area contributed by atoms with Crippen LogP contribution in [0, 0.1) is 13.8 Å². The highest BCUT2D eigenvalue weighted by molar-refractivity contribution is 5.74. The second kappa shape index (κ2) is 8.99. The lowest BCUT2D eigenvalue weighted by atomic mass is 10.0. The highest BCUT2D eigenvalue weighted by Crippen LogP contribution is 2.21. The van der Waals surface area contributed by atoms with E-state index in [0.29, 0.717) is 12.6 Å². The first-order chi connectivity index (χ1) is 14.1. The molecule has 0 aliphatic carbocycles. The third kappa shape index (κ3) is 4.64. The molecule has 0 bridgehead atoms. The Kier molecular flexibility index (Phi) is 6.19. The number of carbonyl (C=O) groups excluding carboxylic acids is 1. The molecule has 0 atom stereocenters. The molecule has 2 saturated heterocycles. The van der Waals surface area contributed by atoms with E-state index in [4.69, 9.17) is 5.10 Å². The minimum absolute atomic E-state index is 0.0551. The smallest absolute Gasteiger partial charge is 0.317 e. The van der Waals surface area contributed by atoms with Crippen molar-refractivity contribution in [1.29, 1.82) is 0 Å². The number of amides is 2. The summed E-state index contributed by atoms with van der Waals surface area (Å²) in [6.07, 6.45) is 4.86. The number of benzene rings is 1. The first-order valence-electron chi connectivity index (χ1n) is 11.0. The van der Waals surface area contributed by atoms with Crippen LogP contribution < -0.4 is 5.32 Å². The molecule has 2 aliphatic heterocycles. The number of nitrogens with one attached hydrogen (secondary N) is 1. The first-order valence-corrected chi connectivity index (χ1v) is 11.0. The lowest BCUT2D eigenvalue weighted by molar-refractivity contribution is 0.134. The molecule has 0 spiro atoms. The van der Waals surface area contributed by atoms with E-state index < -0.39 is 0 Å².